The molecule has 0 aliphatic heterocycles. The SMILES string of the molecule is CCCC(CCC)c1[nH]nc(N)c1-c1ccc(Cl)cc1Cl. The summed E-state index contributed by atoms with van der Waals surface area (Å²) in [5.74, 6) is 0.915. The lowest BCUT2D eigenvalue weighted by atomic mass is 9.90. The van der Waals surface area contributed by atoms with Crippen LogP contribution in [-0.4, -0.2) is 10.2 Å². The second kappa shape index (κ2) is 7.19. The Morgan fingerprint density at radius 1 is 1.19 bits per heavy atom. The molecule has 1 aromatic heterocycles. The van der Waals surface area contributed by atoms with Gasteiger partial charge < -0.3 is 5.73 Å². The number of rotatable bonds is 6. The molecule has 114 valence electrons. The van der Waals surface area contributed by atoms with E-state index >= 15 is 0 Å². The van der Waals surface area contributed by atoms with Crippen molar-refractivity contribution in [2.75, 3.05) is 5.73 Å². The molecule has 1 aromatic carbocycles. The number of aromatic amines is 1. The van der Waals surface area contributed by atoms with Gasteiger partial charge in [0, 0.05) is 27.8 Å². The van der Waals surface area contributed by atoms with Crippen molar-refractivity contribution in [1.82, 2.24) is 10.2 Å². The molecule has 5 heteroatoms. The number of benzene rings is 1. The number of nitrogen functional groups attached to an aromatic ring is 1. The van der Waals surface area contributed by atoms with E-state index < -0.39 is 0 Å². The van der Waals surface area contributed by atoms with E-state index in [2.05, 4.69) is 24.0 Å². The molecule has 0 amide bonds. The summed E-state index contributed by atoms with van der Waals surface area (Å²) < 4.78 is 0. The minimum atomic E-state index is 0.423. The second-order valence-corrected chi connectivity index (χ2v) is 6.14. The number of hydrogen-bond acceptors (Lipinski definition) is 2. The number of aromatic nitrogens is 2. The van der Waals surface area contributed by atoms with Crippen LogP contribution in [0, 0.1) is 0 Å². The molecule has 21 heavy (non-hydrogen) atoms. The zero-order valence-corrected chi connectivity index (χ0v) is 13.9. The lowest BCUT2D eigenvalue weighted by molar-refractivity contribution is 0.548. The first-order valence-electron chi connectivity index (χ1n) is 7.37. The lowest BCUT2D eigenvalue weighted by Crippen LogP contribution is -2.01. The number of anilines is 1. The molecule has 2 rings (SSSR count). The standard InChI is InChI=1S/C16H21Cl2N3/c1-3-5-10(6-4-2)15-14(16(19)21-20-15)12-8-7-11(17)9-13(12)18/h7-10H,3-6H2,1-2H3,(H3,19,20,21). The zero-order chi connectivity index (χ0) is 15.4. The number of nitrogens with zero attached hydrogens (tertiary/aromatic N) is 1. The molecule has 1 heterocycles. The second-order valence-electron chi connectivity index (χ2n) is 5.30. The van der Waals surface area contributed by atoms with E-state index in [4.69, 9.17) is 28.9 Å². The summed E-state index contributed by atoms with van der Waals surface area (Å²) in [5.41, 5.74) is 8.97. The molecule has 0 radical (unpaired) electrons. The van der Waals surface area contributed by atoms with E-state index in [0.29, 0.717) is 21.8 Å². The lowest BCUT2D eigenvalue weighted by Gasteiger charge is -2.16. The first-order chi connectivity index (χ1) is 10.1. The predicted octanol–water partition coefficient (Wildman–Crippen LogP) is 5.65. The van der Waals surface area contributed by atoms with Gasteiger partial charge in [0.2, 0.25) is 0 Å². The fraction of sp³-hybridized carbons (Fsp3) is 0.438. The summed E-state index contributed by atoms with van der Waals surface area (Å²) in [6, 6.07) is 5.47. The first kappa shape index (κ1) is 16.2. The number of nitrogens with two attached hydrogens (primary N) is 1. The summed E-state index contributed by atoms with van der Waals surface area (Å²) in [5, 5.41) is 8.54. The van der Waals surface area contributed by atoms with Crippen LogP contribution in [0.4, 0.5) is 5.82 Å². The van der Waals surface area contributed by atoms with Crippen molar-refractivity contribution in [2.45, 2.75) is 45.4 Å². The minimum Gasteiger partial charge on any atom is -0.382 e. The van der Waals surface area contributed by atoms with Gasteiger partial charge in [-0.25, -0.2) is 0 Å². The summed E-state index contributed by atoms with van der Waals surface area (Å²) in [6.45, 7) is 4.38. The van der Waals surface area contributed by atoms with Gasteiger partial charge in [-0.3, -0.25) is 5.10 Å². The van der Waals surface area contributed by atoms with Gasteiger partial charge in [-0.1, -0.05) is 56.0 Å². The average Bonchev–Trinajstić information content (AvgIpc) is 2.80. The van der Waals surface area contributed by atoms with E-state index in [1.54, 1.807) is 6.07 Å². The Morgan fingerprint density at radius 3 is 2.43 bits per heavy atom. The van der Waals surface area contributed by atoms with E-state index in [1.807, 2.05) is 12.1 Å². The maximum atomic E-state index is 6.34. The van der Waals surface area contributed by atoms with Crippen LogP contribution in [0.25, 0.3) is 11.1 Å². The highest BCUT2D eigenvalue weighted by Crippen LogP contribution is 2.40. The summed E-state index contributed by atoms with van der Waals surface area (Å²) in [7, 11) is 0. The van der Waals surface area contributed by atoms with Crippen LogP contribution in [0.15, 0.2) is 18.2 Å². The highest BCUT2D eigenvalue weighted by molar-refractivity contribution is 6.36. The third-order valence-corrected chi connectivity index (χ3v) is 4.25. The molecule has 0 bridgehead atoms. The Kier molecular flexibility index (Phi) is 5.54. The molecule has 0 spiro atoms. The highest BCUT2D eigenvalue weighted by Gasteiger charge is 2.22. The fourth-order valence-electron chi connectivity index (χ4n) is 2.77. The molecular weight excluding hydrogens is 305 g/mol. The van der Waals surface area contributed by atoms with E-state index in [0.717, 1.165) is 42.5 Å². The summed E-state index contributed by atoms with van der Waals surface area (Å²) >= 11 is 12.3. The van der Waals surface area contributed by atoms with Gasteiger partial charge in [0.15, 0.2) is 5.82 Å². The van der Waals surface area contributed by atoms with Crippen LogP contribution in [0.2, 0.25) is 10.0 Å². The van der Waals surface area contributed by atoms with Gasteiger partial charge >= 0.3 is 0 Å². The molecule has 0 aliphatic rings. The van der Waals surface area contributed by atoms with Gasteiger partial charge in [0.25, 0.3) is 0 Å². The molecule has 3 nitrogen and oxygen atoms in total. The highest BCUT2D eigenvalue weighted by atomic mass is 35.5. The van der Waals surface area contributed by atoms with Crippen molar-refractivity contribution in [3.05, 3.63) is 33.9 Å². The normalized spacial score (nSPS) is 11.3. The molecule has 0 atom stereocenters. The Morgan fingerprint density at radius 2 is 1.86 bits per heavy atom. The third kappa shape index (κ3) is 3.53. The van der Waals surface area contributed by atoms with Crippen molar-refractivity contribution >= 4 is 29.0 Å². The van der Waals surface area contributed by atoms with Crippen molar-refractivity contribution in [1.29, 1.82) is 0 Å². The first-order valence-corrected chi connectivity index (χ1v) is 8.13. The number of hydrogen-bond donors (Lipinski definition) is 2. The van der Waals surface area contributed by atoms with Gasteiger partial charge in [0.1, 0.15) is 0 Å². The predicted molar refractivity (Wildman–Crippen MR) is 91.0 cm³/mol. The van der Waals surface area contributed by atoms with Crippen molar-refractivity contribution < 1.29 is 0 Å². The van der Waals surface area contributed by atoms with Crippen LogP contribution in [0.3, 0.4) is 0 Å². The van der Waals surface area contributed by atoms with Crippen LogP contribution in [0.1, 0.15) is 51.1 Å². The van der Waals surface area contributed by atoms with Crippen molar-refractivity contribution in [3.8, 4) is 11.1 Å². The Labute approximate surface area is 135 Å². The molecule has 0 saturated carbocycles. The summed E-state index contributed by atoms with van der Waals surface area (Å²) in [6.07, 6.45) is 4.45. The maximum Gasteiger partial charge on any atom is 0.153 e. The molecule has 3 N–H and O–H groups in total. The molecule has 2 aromatic rings. The van der Waals surface area contributed by atoms with Gasteiger partial charge in [0.05, 0.1) is 5.02 Å². The summed E-state index contributed by atoms with van der Waals surface area (Å²) in [4.78, 5) is 0. The van der Waals surface area contributed by atoms with Crippen LogP contribution >= 0.6 is 23.2 Å². The molecule has 0 saturated heterocycles. The molecule has 0 unspecified atom stereocenters. The van der Waals surface area contributed by atoms with Crippen LogP contribution < -0.4 is 5.73 Å². The number of halogens is 2. The topological polar surface area (TPSA) is 54.7 Å². The molecular formula is C16H21Cl2N3. The third-order valence-electron chi connectivity index (χ3n) is 3.71. The zero-order valence-electron chi connectivity index (χ0n) is 12.4. The number of nitrogens with one attached hydrogen (secondary N) is 1. The van der Waals surface area contributed by atoms with E-state index in [-0.39, 0.29) is 0 Å². The van der Waals surface area contributed by atoms with Crippen molar-refractivity contribution in [2.24, 2.45) is 0 Å². The molecule has 0 aliphatic carbocycles. The minimum absolute atomic E-state index is 0.423. The van der Waals surface area contributed by atoms with Crippen LogP contribution in [0.5, 0.6) is 0 Å². The van der Waals surface area contributed by atoms with E-state index in [9.17, 15) is 0 Å². The Bertz CT molecular complexity index is 602. The quantitative estimate of drug-likeness (QED) is 0.720. The van der Waals surface area contributed by atoms with E-state index in [1.165, 1.54) is 0 Å². The Balaban J connectivity index is 2.50. The van der Waals surface area contributed by atoms with Gasteiger partial charge in [-0.2, -0.15) is 5.10 Å². The van der Waals surface area contributed by atoms with Crippen LogP contribution in [-0.2, 0) is 0 Å². The smallest absolute Gasteiger partial charge is 0.153 e. The largest absolute Gasteiger partial charge is 0.382 e. The molecule has 0 fully saturated rings. The Hall–Kier alpha value is -1.19. The number of H-pyrrole nitrogens is 1. The van der Waals surface area contributed by atoms with Gasteiger partial charge in [-0.05, 0) is 25.0 Å². The van der Waals surface area contributed by atoms with Gasteiger partial charge in [-0.15, -0.1) is 0 Å². The maximum absolute atomic E-state index is 6.34. The monoisotopic (exact) mass is 325 g/mol. The fourth-order valence-corrected chi connectivity index (χ4v) is 3.27. The van der Waals surface area contributed by atoms with Crippen molar-refractivity contribution in [3.63, 3.8) is 0 Å². The average molecular weight is 326 g/mol.